The minimum Gasteiger partial charge on any atom is -0.371 e. The molecule has 1 saturated carbocycles. The van der Waals surface area contributed by atoms with E-state index in [0.717, 1.165) is 12.5 Å². The van der Waals surface area contributed by atoms with Gasteiger partial charge in [-0.05, 0) is 68.8 Å². The zero-order valence-corrected chi connectivity index (χ0v) is 12.8. The Morgan fingerprint density at radius 1 is 1.25 bits per heavy atom. The fourth-order valence-corrected chi connectivity index (χ4v) is 3.84. The molecule has 0 bridgehead atoms. The van der Waals surface area contributed by atoms with Crippen LogP contribution in [0.2, 0.25) is 0 Å². The van der Waals surface area contributed by atoms with Crippen LogP contribution in [0.4, 0.5) is 5.69 Å². The van der Waals surface area contributed by atoms with Crippen molar-refractivity contribution in [2.45, 2.75) is 44.9 Å². The van der Waals surface area contributed by atoms with Gasteiger partial charge in [0, 0.05) is 18.8 Å². The maximum atomic E-state index is 3.23. The van der Waals surface area contributed by atoms with Crippen molar-refractivity contribution in [2.75, 3.05) is 31.6 Å². The van der Waals surface area contributed by atoms with Gasteiger partial charge in [-0.25, -0.2) is 0 Å². The maximum Gasteiger partial charge on any atom is 0.0399 e. The van der Waals surface area contributed by atoms with Crippen molar-refractivity contribution >= 4 is 5.69 Å². The fraction of sp³-hybridized carbons (Fsp3) is 0.667. The van der Waals surface area contributed by atoms with Gasteiger partial charge in [-0.3, -0.25) is 0 Å². The number of fused-ring (bicyclic) bond motifs is 1. The Kier molecular flexibility index (Phi) is 4.62. The van der Waals surface area contributed by atoms with Crippen molar-refractivity contribution < 1.29 is 0 Å². The van der Waals surface area contributed by atoms with Gasteiger partial charge in [-0.2, -0.15) is 0 Å². The van der Waals surface area contributed by atoms with Crippen LogP contribution in [0.1, 0.15) is 43.2 Å². The molecule has 1 fully saturated rings. The molecule has 0 radical (unpaired) electrons. The molecule has 0 amide bonds. The first-order valence-corrected chi connectivity index (χ1v) is 8.38. The molecule has 1 N–H and O–H groups in total. The lowest BCUT2D eigenvalue weighted by molar-refractivity contribution is 0.538. The number of hydrogen-bond acceptors (Lipinski definition) is 2. The van der Waals surface area contributed by atoms with Gasteiger partial charge >= 0.3 is 0 Å². The van der Waals surface area contributed by atoms with E-state index in [2.05, 4.69) is 28.4 Å². The van der Waals surface area contributed by atoms with Gasteiger partial charge in [-0.15, -0.1) is 0 Å². The van der Waals surface area contributed by atoms with Crippen LogP contribution in [-0.2, 0) is 12.8 Å². The van der Waals surface area contributed by atoms with E-state index >= 15 is 0 Å². The van der Waals surface area contributed by atoms with Crippen molar-refractivity contribution in [3.05, 3.63) is 29.3 Å². The number of anilines is 1. The van der Waals surface area contributed by atoms with Crippen LogP contribution in [0.5, 0.6) is 0 Å². The van der Waals surface area contributed by atoms with E-state index in [0.29, 0.717) is 0 Å². The van der Waals surface area contributed by atoms with E-state index in [9.17, 15) is 0 Å². The van der Waals surface area contributed by atoms with Gasteiger partial charge in [-0.1, -0.05) is 25.0 Å². The third kappa shape index (κ3) is 3.17. The summed E-state index contributed by atoms with van der Waals surface area (Å²) in [6.45, 7) is 3.66. The molecule has 0 aromatic heterocycles. The highest BCUT2D eigenvalue weighted by Crippen LogP contribution is 2.33. The third-order valence-electron chi connectivity index (χ3n) is 4.98. The summed E-state index contributed by atoms with van der Waals surface area (Å²) in [6, 6.07) is 7.19. The summed E-state index contributed by atoms with van der Waals surface area (Å²) in [5.74, 6) is 0.955. The number of nitrogens with one attached hydrogen (secondary N) is 1. The Balaban J connectivity index is 1.61. The van der Waals surface area contributed by atoms with Gasteiger partial charge in [0.1, 0.15) is 0 Å². The minimum absolute atomic E-state index is 0.955. The minimum atomic E-state index is 0.955. The average Bonchev–Trinajstić information content (AvgIpc) is 3.10. The molecule has 0 spiro atoms. The first-order valence-electron chi connectivity index (χ1n) is 8.38. The Morgan fingerprint density at radius 2 is 2.10 bits per heavy atom. The summed E-state index contributed by atoms with van der Waals surface area (Å²) in [4.78, 5) is 2.64. The lowest BCUT2D eigenvalue weighted by atomic mass is 10.0. The van der Waals surface area contributed by atoms with Crippen molar-refractivity contribution in [3.8, 4) is 0 Å². The molecule has 2 aliphatic rings. The summed E-state index contributed by atoms with van der Waals surface area (Å²) in [5.41, 5.74) is 4.63. The highest BCUT2D eigenvalue weighted by molar-refractivity contribution is 5.59. The number of aryl methyl sites for hydroxylation is 1. The Bertz CT molecular complexity index is 435. The molecule has 1 aliphatic carbocycles. The van der Waals surface area contributed by atoms with Gasteiger partial charge in [0.25, 0.3) is 0 Å². The quantitative estimate of drug-likeness (QED) is 0.799. The number of hydrogen-bond donors (Lipinski definition) is 1. The molecule has 0 saturated heterocycles. The fourth-order valence-electron chi connectivity index (χ4n) is 3.84. The van der Waals surface area contributed by atoms with Crippen LogP contribution < -0.4 is 10.2 Å². The highest BCUT2D eigenvalue weighted by atomic mass is 15.1. The second kappa shape index (κ2) is 6.62. The molecule has 2 heteroatoms. The molecule has 1 aliphatic heterocycles. The molecule has 2 nitrogen and oxygen atoms in total. The molecule has 110 valence electrons. The summed E-state index contributed by atoms with van der Waals surface area (Å²) in [7, 11) is 2.03. The van der Waals surface area contributed by atoms with Crippen molar-refractivity contribution in [2.24, 2.45) is 5.92 Å². The van der Waals surface area contributed by atoms with Crippen LogP contribution in [-0.4, -0.2) is 26.7 Å². The van der Waals surface area contributed by atoms with Crippen LogP contribution in [0.25, 0.3) is 0 Å². The topological polar surface area (TPSA) is 15.3 Å². The zero-order chi connectivity index (χ0) is 13.8. The van der Waals surface area contributed by atoms with Crippen molar-refractivity contribution in [3.63, 3.8) is 0 Å². The van der Waals surface area contributed by atoms with Gasteiger partial charge in [0.2, 0.25) is 0 Å². The molecule has 1 aromatic carbocycles. The van der Waals surface area contributed by atoms with E-state index in [1.807, 2.05) is 7.05 Å². The third-order valence-corrected chi connectivity index (χ3v) is 4.98. The zero-order valence-electron chi connectivity index (χ0n) is 12.8. The van der Waals surface area contributed by atoms with Gasteiger partial charge in [0.05, 0.1) is 0 Å². The summed E-state index contributed by atoms with van der Waals surface area (Å²) in [6.07, 6.45) is 9.51. The lowest BCUT2D eigenvalue weighted by Crippen LogP contribution is -2.26. The second-order valence-electron chi connectivity index (χ2n) is 6.52. The summed E-state index contributed by atoms with van der Waals surface area (Å²) >= 11 is 0. The molecule has 0 unspecified atom stereocenters. The largest absolute Gasteiger partial charge is 0.371 e. The highest BCUT2D eigenvalue weighted by Gasteiger charge is 2.23. The normalized spacial score (nSPS) is 18.8. The van der Waals surface area contributed by atoms with E-state index in [1.165, 1.54) is 69.3 Å². The SMILES string of the molecule is CNCCCc1ccc2c(c1)CCN2CC1CCCC1. The molecular weight excluding hydrogens is 244 g/mol. The van der Waals surface area contributed by atoms with Crippen molar-refractivity contribution in [1.29, 1.82) is 0 Å². The predicted molar refractivity (Wildman–Crippen MR) is 86.6 cm³/mol. The molecule has 1 heterocycles. The smallest absolute Gasteiger partial charge is 0.0399 e. The molecule has 20 heavy (non-hydrogen) atoms. The van der Waals surface area contributed by atoms with Gasteiger partial charge in [0.15, 0.2) is 0 Å². The van der Waals surface area contributed by atoms with E-state index in [4.69, 9.17) is 0 Å². The first-order chi connectivity index (χ1) is 9.86. The Hall–Kier alpha value is -1.02. The second-order valence-corrected chi connectivity index (χ2v) is 6.52. The lowest BCUT2D eigenvalue weighted by Gasteiger charge is -2.23. The van der Waals surface area contributed by atoms with E-state index in [-0.39, 0.29) is 0 Å². The van der Waals surface area contributed by atoms with Crippen LogP contribution in [0, 0.1) is 5.92 Å². The monoisotopic (exact) mass is 272 g/mol. The average molecular weight is 272 g/mol. The Morgan fingerprint density at radius 3 is 2.90 bits per heavy atom. The number of rotatable bonds is 6. The maximum absolute atomic E-state index is 3.23. The summed E-state index contributed by atoms with van der Waals surface area (Å²) < 4.78 is 0. The molecule has 3 rings (SSSR count). The van der Waals surface area contributed by atoms with Crippen molar-refractivity contribution in [1.82, 2.24) is 5.32 Å². The Labute approximate surface area is 123 Å². The van der Waals surface area contributed by atoms with E-state index in [1.54, 1.807) is 5.56 Å². The van der Waals surface area contributed by atoms with E-state index < -0.39 is 0 Å². The van der Waals surface area contributed by atoms with Crippen LogP contribution in [0.3, 0.4) is 0 Å². The summed E-state index contributed by atoms with van der Waals surface area (Å²) in [5, 5.41) is 3.23. The van der Waals surface area contributed by atoms with Gasteiger partial charge < -0.3 is 10.2 Å². The van der Waals surface area contributed by atoms with Crippen LogP contribution >= 0.6 is 0 Å². The standard InChI is InChI=1S/C18H28N2/c1-19-11-4-7-15-8-9-18-17(13-15)10-12-20(18)14-16-5-2-3-6-16/h8-9,13,16,19H,2-7,10-12,14H2,1H3. The van der Waals surface area contributed by atoms with Crippen LogP contribution in [0.15, 0.2) is 18.2 Å². The molecular formula is C18H28N2. The molecule has 0 atom stereocenters. The number of benzene rings is 1. The predicted octanol–water partition coefficient (Wildman–Crippen LogP) is 3.39. The number of nitrogens with zero attached hydrogens (tertiary/aromatic N) is 1. The molecule has 1 aromatic rings. The first kappa shape index (κ1) is 13.9.